The zero-order valence-electron chi connectivity index (χ0n) is 16.6. The average molecular weight is 369 g/mol. The molecule has 1 aliphatic heterocycles. The highest BCUT2D eigenvalue weighted by atomic mass is 16.5. The molecule has 144 valence electrons. The van der Waals surface area contributed by atoms with E-state index in [-0.39, 0.29) is 18.4 Å². The van der Waals surface area contributed by atoms with Crippen LogP contribution in [0.2, 0.25) is 0 Å². The Morgan fingerprint density at radius 3 is 2.52 bits per heavy atom. The van der Waals surface area contributed by atoms with Crippen molar-refractivity contribution in [2.45, 2.75) is 46.5 Å². The third-order valence-electron chi connectivity index (χ3n) is 5.45. The summed E-state index contributed by atoms with van der Waals surface area (Å²) in [5.74, 6) is 0.00581. The monoisotopic (exact) mass is 369 g/mol. The molecule has 5 heteroatoms. The lowest BCUT2D eigenvalue weighted by atomic mass is 9.67. The second-order valence-corrected chi connectivity index (χ2v) is 7.70. The first-order valence-corrected chi connectivity index (χ1v) is 9.37. The highest BCUT2D eigenvalue weighted by Gasteiger charge is 2.44. The summed E-state index contributed by atoms with van der Waals surface area (Å²) in [6.45, 7) is 7.89. The van der Waals surface area contributed by atoms with Crippen LogP contribution in [0.4, 0.5) is 0 Å². The molecule has 0 aromatic heterocycles. The Balaban J connectivity index is 2.17. The summed E-state index contributed by atoms with van der Waals surface area (Å²) in [4.78, 5) is 26.1. The third-order valence-corrected chi connectivity index (χ3v) is 5.45. The summed E-state index contributed by atoms with van der Waals surface area (Å²) in [5.41, 5.74) is 3.30. The Morgan fingerprint density at radius 1 is 1.26 bits per heavy atom. The fraction of sp³-hybridized carbons (Fsp3) is 0.455. The van der Waals surface area contributed by atoms with Gasteiger partial charge in [-0.1, -0.05) is 26.0 Å². The number of allylic oxidation sites excluding steroid dienone is 3. The van der Waals surface area contributed by atoms with Crippen LogP contribution in [0.5, 0.6) is 5.75 Å². The van der Waals surface area contributed by atoms with Crippen LogP contribution in [-0.2, 0) is 14.3 Å². The fourth-order valence-electron chi connectivity index (χ4n) is 3.89. The second-order valence-electron chi connectivity index (χ2n) is 7.70. The number of nitrogens with one attached hydrogen (secondary N) is 1. The zero-order chi connectivity index (χ0) is 19.8. The van der Waals surface area contributed by atoms with Crippen LogP contribution >= 0.6 is 0 Å². The molecule has 0 saturated heterocycles. The first-order chi connectivity index (χ1) is 12.8. The Hall–Kier alpha value is -2.56. The molecule has 3 rings (SSSR count). The van der Waals surface area contributed by atoms with Crippen LogP contribution in [-0.4, -0.2) is 25.5 Å². The maximum absolute atomic E-state index is 13.3. The number of ether oxygens (including phenoxy) is 2. The van der Waals surface area contributed by atoms with Gasteiger partial charge in [0.1, 0.15) is 5.75 Å². The number of ketones is 1. The summed E-state index contributed by atoms with van der Waals surface area (Å²) < 4.78 is 10.6. The van der Waals surface area contributed by atoms with E-state index in [2.05, 4.69) is 5.32 Å². The summed E-state index contributed by atoms with van der Waals surface area (Å²) in [5, 5.41) is 3.31. The van der Waals surface area contributed by atoms with E-state index in [1.807, 2.05) is 45.0 Å². The van der Waals surface area contributed by atoms with Crippen molar-refractivity contribution < 1.29 is 19.1 Å². The van der Waals surface area contributed by atoms with Gasteiger partial charge in [0.25, 0.3) is 0 Å². The SMILES string of the molecule is CCOC(=O)C1=C(C)NC2=C(C(=O)C(C)(C)CC2)C1c1ccc(OC)cc1. The number of benzene rings is 1. The van der Waals surface area contributed by atoms with Gasteiger partial charge in [0.15, 0.2) is 5.78 Å². The molecule has 1 aromatic rings. The summed E-state index contributed by atoms with van der Waals surface area (Å²) in [7, 11) is 1.61. The number of hydrogen-bond acceptors (Lipinski definition) is 5. The zero-order valence-corrected chi connectivity index (χ0v) is 16.6. The topological polar surface area (TPSA) is 64.6 Å². The van der Waals surface area contributed by atoms with Crippen LogP contribution in [0.25, 0.3) is 0 Å². The highest BCUT2D eigenvalue weighted by Crippen LogP contribution is 2.47. The van der Waals surface area contributed by atoms with Crippen molar-refractivity contribution in [1.29, 1.82) is 0 Å². The number of hydrogen-bond donors (Lipinski definition) is 1. The van der Waals surface area contributed by atoms with E-state index in [0.717, 1.165) is 35.5 Å². The van der Waals surface area contributed by atoms with Gasteiger partial charge < -0.3 is 14.8 Å². The average Bonchev–Trinajstić information content (AvgIpc) is 2.64. The Labute approximate surface area is 160 Å². The summed E-state index contributed by atoms with van der Waals surface area (Å²) in [6.07, 6.45) is 1.57. The van der Waals surface area contributed by atoms with Crippen molar-refractivity contribution in [2.24, 2.45) is 5.41 Å². The van der Waals surface area contributed by atoms with Crippen molar-refractivity contribution in [3.05, 3.63) is 52.4 Å². The first-order valence-electron chi connectivity index (χ1n) is 9.37. The number of carbonyl (C=O) groups is 2. The van der Waals surface area contributed by atoms with E-state index >= 15 is 0 Å². The van der Waals surface area contributed by atoms with Crippen molar-refractivity contribution in [1.82, 2.24) is 5.32 Å². The van der Waals surface area contributed by atoms with Gasteiger partial charge in [-0.05, 0) is 44.4 Å². The van der Waals surface area contributed by atoms with Gasteiger partial charge in [-0.3, -0.25) is 4.79 Å². The molecule has 1 unspecified atom stereocenters. The molecule has 27 heavy (non-hydrogen) atoms. The van der Waals surface area contributed by atoms with Crippen molar-refractivity contribution in [3.63, 3.8) is 0 Å². The standard InChI is InChI=1S/C22H27NO4/c1-6-27-21(25)17-13(2)23-16-11-12-22(3,4)20(24)19(16)18(17)14-7-9-15(26-5)10-8-14/h7-10,18,23H,6,11-12H2,1-5H3. The van der Waals surface area contributed by atoms with Gasteiger partial charge in [-0.25, -0.2) is 4.79 Å². The number of esters is 1. The molecule has 2 aliphatic rings. The molecule has 0 fully saturated rings. The van der Waals surface area contributed by atoms with Gasteiger partial charge in [0, 0.05) is 28.3 Å². The lowest BCUT2D eigenvalue weighted by Gasteiger charge is -2.39. The molecule has 0 amide bonds. The molecule has 1 aromatic carbocycles. The third kappa shape index (κ3) is 3.38. The molecule has 1 N–H and O–H groups in total. The number of Topliss-reactive ketones (excluding diaryl/α,β-unsaturated/α-hetero) is 1. The van der Waals surface area contributed by atoms with Gasteiger partial charge >= 0.3 is 5.97 Å². The first kappa shape index (κ1) is 19.2. The van der Waals surface area contributed by atoms with E-state index in [4.69, 9.17) is 9.47 Å². The van der Waals surface area contributed by atoms with Gasteiger partial charge in [-0.15, -0.1) is 0 Å². The maximum atomic E-state index is 13.3. The lowest BCUT2D eigenvalue weighted by molar-refractivity contribution is -0.138. The number of dihydropyridines is 1. The summed E-state index contributed by atoms with van der Waals surface area (Å²) >= 11 is 0. The van der Waals surface area contributed by atoms with Crippen LogP contribution in [0.15, 0.2) is 46.8 Å². The molecular weight excluding hydrogens is 342 g/mol. The molecule has 0 saturated carbocycles. The Kier molecular flexibility index (Phi) is 5.13. The molecule has 0 radical (unpaired) electrons. The highest BCUT2D eigenvalue weighted by molar-refractivity contribution is 6.06. The molecule has 1 heterocycles. The van der Waals surface area contributed by atoms with Gasteiger partial charge in [-0.2, -0.15) is 0 Å². The van der Waals surface area contributed by atoms with E-state index in [9.17, 15) is 9.59 Å². The fourth-order valence-corrected chi connectivity index (χ4v) is 3.89. The van der Waals surface area contributed by atoms with E-state index in [1.54, 1.807) is 14.0 Å². The quantitative estimate of drug-likeness (QED) is 0.817. The molecule has 0 spiro atoms. The van der Waals surface area contributed by atoms with Crippen LogP contribution < -0.4 is 10.1 Å². The molecule has 1 atom stereocenters. The Morgan fingerprint density at radius 2 is 1.93 bits per heavy atom. The largest absolute Gasteiger partial charge is 0.497 e. The maximum Gasteiger partial charge on any atom is 0.336 e. The molecule has 5 nitrogen and oxygen atoms in total. The van der Waals surface area contributed by atoms with E-state index in [0.29, 0.717) is 11.1 Å². The number of rotatable bonds is 4. The molecular formula is C22H27NO4. The number of carbonyl (C=O) groups excluding carboxylic acids is 2. The van der Waals surface area contributed by atoms with Crippen molar-refractivity contribution in [3.8, 4) is 5.75 Å². The Bertz CT molecular complexity index is 830. The van der Waals surface area contributed by atoms with Gasteiger partial charge in [0.05, 0.1) is 19.3 Å². The minimum atomic E-state index is -0.448. The molecule has 1 aliphatic carbocycles. The summed E-state index contributed by atoms with van der Waals surface area (Å²) in [6, 6.07) is 7.55. The van der Waals surface area contributed by atoms with Crippen LogP contribution in [0.1, 0.15) is 52.0 Å². The number of methoxy groups -OCH3 is 1. The van der Waals surface area contributed by atoms with E-state index < -0.39 is 11.3 Å². The predicted molar refractivity (Wildman–Crippen MR) is 103 cm³/mol. The van der Waals surface area contributed by atoms with E-state index in [1.165, 1.54) is 0 Å². The van der Waals surface area contributed by atoms with Crippen molar-refractivity contribution >= 4 is 11.8 Å². The minimum Gasteiger partial charge on any atom is -0.497 e. The normalized spacial score (nSPS) is 21.5. The van der Waals surface area contributed by atoms with Crippen LogP contribution in [0.3, 0.4) is 0 Å². The molecule has 0 bridgehead atoms. The smallest absolute Gasteiger partial charge is 0.336 e. The van der Waals surface area contributed by atoms with Crippen molar-refractivity contribution in [2.75, 3.05) is 13.7 Å². The van der Waals surface area contributed by atoms with Gasteiger partial charge in [0.2, 0.25) is 0 Å². The second kappa shape index (κ2) is 7.22. The van der Waals surface area contributed by atoms with Crippen LogP contribution in [0, 0.1) is 5.41 Å². The minimum absolute atomic E-state index is 0.0892. The predicted octanol–water partition coefficient (Wildman–Crippen LogP) is 3.86. The lowest BCUT2D eigenvalue weighted by Crippen LogP contribution is -2.40.